The van der Waals surface area contributed by atoms with Crippen LogP contribution in [-0.2, 0) is 15.5 Å². The van der Waals surface area contributed by atoms with Crippen LogP contribution in [0, 0.1) is 22.7 Å². The molecule has 12 heteroatoms. The highest BCUT2D eigenvalue weighted by molar-refractivity contribution is 6.31. The molecule has 1 aromatic carbocycles. The van der Waals surface area contributed by atoms with E-state index >= 15 is 8.78 Å². The summed E-state index contributed by atoms with van der Waals surface area (Å²) in [4.78, 5) is 26.8. The fourth-order valence-corrected chi connectivity index (χ4v) is 6.04. The number of rotatable bonds is 6. The number of benzene rings is 1. The average Bonchev–Trinajstić information content (AvgIpc) is 3.80. The molecule has 0 aromatic heterocycles. The van der Waals surface area contributed by atoms with Crippen LogP contribution in [-0.4, -0.2) is 54.1 Å². The Balaban J connectivity index is 1.42. The Morgan fingerprint density at radius 2 is 1.76 bits per heavy atom. The van der Waals surface area contributed by atoms with Crippen molar-refractivity contribution in [3.8, 4) is 6.07 Å². The molecule has 4 aliphatic rings. The second-order valence-corrected chi connectivity index (χ2v) is 11.5. The topological polar surface area (TPSA) is 85.2 Å². The van der Waals surface area contributed by atoms with Crippen LogP contribution in [0.3, 0.4) is 0 Å². The van der Waals surface area contributed by atoms with Crippen LogP contribution in [0.1, 0.15) is 62.0 Å². The summed E-state index contributed by atoms with van der Waals surface area (Å²) in [6, 6.07) is 4.74. The number of nitriles is 1. The largest absolute Gasteiger partial charge is 0.403 e. The lowest BCUT2D eigenvalue weighted by Gasteiger charge is -2.30. The van der Waals surface area contributed by atoms with Gasteiger partial charge in [0.2, 0.25) is 11.8 Å². The van der Waals surface area contributed by atoms with E-state index in [0.29, 0.717) is 17.7 Å². The van der Waals surface area contributed by atoms with Gasteiger partial charge in [0, 0.05) is 18.0 Å². The standard InChI is InChI=1S/C26H28ClF5N4O2/c27-19-11-16(15-3-9-34-10-4-15)1-2-18(19)25(28,29)17-12-20(21(37)35-23(14-33)5-6-23)36(13-17)22(38)24(7-8-24)26(30,31)32/h1-2,11,15,17,20,34H,3-10,12-13H2,(H,35,37)/t17?,20-/m0/s1. The van der Waals surface area contributed by atoms with E-state index in [1.807, 2.05) is 6.07 Å². The molecule has 1 aromatic rings. The quantitative estimate of drug-likeness (QED) is 0.499. The van der Waals surface area contributed by atoms with Crippen LogP contribution >= 0.6 is 11.6 Å². The lowest BCUT2D eigenvalue weighted by atomic mass is 9.87. The first-order valence-electron chi connectivity index (χ1n) is 12.8. The second kappa shape index (κ2) is 9.33. The number of carbonyl (C=O) groups excluding carboxylic acids is 2. The summed E-state index contributed by atoms with van der Waals surface area (Å²) in [6.07, 6.45) is -3.93. The summed E-state index contributed by atoms with van der Waals surface area (Å²) in [5.74, 6) is -7.32. The molecule has 2 saturated carbocycles. The zero-order valence-electron chi connectivity index (χ0n) is 20.5. The molecule has 38 heavy (non-hydrogen) atoms. The fourth-order valence-electron chi connectivity index (χ4n) is 5.73. The molecule has 5 rings (SSSR count). The van der Waals surface area contributed by atoms with Gasteiger partial charge in [0.05, 0.1) is 11.1 Å². The van der Waals surface area contributed by atoms with Crippen LogP contribution in [0.4, 0.5) is 22.0 Å². The third kappa shape index (κ3) is 4.64. The Morgan fingerprint density at radius 1 is 1.11 bits per heavy atom. The van der Waals surface area contributed by atoms with Crippen molar-refractivity contribution in [3.05, 3.63) is 34.3 Å². The minimum atomic E-state index is -4.86. The lowest BCUT2D eigenvalue weighted by molar-refractivity contribution is -0.199. The SMILES string of the molecule is N#CC1(NC(=O)[C@@H]2CC(C(F)(F)c3ccc(C4CCNCC4)cc3Cl)CN2C(=O)C2(C(F)(F)F)CC2)CC1. The maximum absolute atomic E-state index is 15.9. The summed E-state index contributed by atoms with van der Waals surface area (Å²) < 4.78 is 73.0. The van der Waals surface area contributed by atoms with Crippen molar-refractivity contribution in [3.63, 3.8) is 0 Å². The molecule has 2 N–H and O–H groups in total. The molecule has 4 fully saturated rings. The third-order valence-electron chi connectivity index (χ3n) is 8.57. The number of carbonyl (C=O) groups is 2. The van der Waals surface area contributed by atoms with Gasteiger partial charge in [-0.2, -0.15) is 18.4 Å². The lowest BCUT2D eigenvalue weighted by Crippen LogP contribution is -2.53. The summed E-state index contributed by atoms with van der Waals surface area (Å²) in [7, 11) is 0. The fraction of sp³-hybridized carbons (Fsp3) is 0.654. The highest BCUT2D eigenvalue weighted by atomic mass is 35.5. The van der Waals surface area contributed by atoms with Crippen LogP contribution in [0.25, 0.3) is 0 Å². The number of nitrogens with one attached hydrogen (secondary N) is 2. The molecule has 2 atom stereocenters. The number of nitrogens with zero attached hydrogens (tertiary/aromatic N) is 2. The van der Waals surface area contributed by atoms with E-state index in [2.05, 4.69) is 10.6 Å². The van der Waals surface area contributed by atoms with Crippen LogP contribution < -0.4 is 10.6 Å². The van der Waals surface area contributed by atoms with Gasteiger partial charge in [-0.25, -0.2) is 8.78 Å². The van der Waals surface area contributed by atoms with Gasteiger partial charge in [-0.3, -0.25) is 9.59 Å². The van der Waals surface area contributed by atoms with E-state index in [1.165, 1.54) is 12.1 Å². The van der Waals surface area contributed by atoms with E-state index in [4.69, 9.17) is 11.6 Å². The van der Waals surface area contributed by atoms with Crippen molar-refractivity contribution in [1.82, 2.24) is 15.5 Å². The highest BCUT2D eigenvalue weighted by Gasteiger charge is 2.71. The number of halogens is 6. The Hall–Kier alpha value is -2.45. The van der Waals surface area contributed by atoms with Gasteiger partial charge in [0.15, 0.2) is 0 Å². The molecule has 0 bridgehead atoms. The van der Waals surface area contributed by atoms with Gasteiger partial charge >= 0.3 is 6.18 Å². The van der Waals surface area contributed by atoms with Gasteiger partial charge in [-0.05, 0) is 75.6 Å². The average molecular weight is 559 g/mol. The van der Waals surface area contributed by atoms with Crippen molar-refractivity contribution in [1.29, 1.82) is 5.26 Å². The normalized spacial score (nSPS) is 26.5. The molecular formula is C26H28ClF5N4O2. The minimum Gasteiger partial charge on any atom is -0.336 e. The molecule has 2 amide bonds. The first-order valence-corrected chi connectivity index (χ1v) is 13.2. The smallest absolute Gasteiger partial charge is 0.336 e. The number of piperidine rings is 1. The van der Waals surface area contributed by atoms with Crippen molar-refractivity contribution < 1.29 is 31.5 Å². The van der Waals surface area contributed by atoms with Gasteiger partial charge in [0.25, 0.3) is 5.92 Å². The van der Waals surface area contributed by atoms with Gasteiger partial charge in [0.1, 0.15) is 17.0 Å². The van der Waals surface area contributed by atoms with Gasteiger partial charge in [-0.1, -0.05) is 23.7 Å². The number of hydrogen-bond donors (Lipinski definition) is 2. The van der Waals surface area contributed by atoms with Crippen LogP contribution in [0.15, 0.2) is 18.2 Å². The van der Waals surface area contributed by atoms with Crippen molar-refractivity contribution in [2.24, 2.45) is 11.3 Å². The van der Waals surface area contributed by atoms with E-state index in [0.717, 1.165) is 31.5 Å². The van der Waals surface area contributed by atoms with E-state index < -0.39 is 78.2 Å². The maximum Gasteiger partial charge on any atom is 0.403 e. The Kier molecular flexibility index (Phi) is 6.66. The van der Waals surface area contributed by atoms with Crippen LogP contribution in [0.2, 0.25) is 5.02 Å². The molecule has 2 saturated heterocycles. The molecular weight excluding hydrogens is 531 g/mol. The van der Waals surface area contributed by atoms with Gasteiger partial charge < -0.3 is 15.5 Å². The summed E-state index contributed by atoms with van der Waals surface area (Å²) in [6.45, 7) is 0.887. The van der Waals surface area contributed by atoms with E-state index in [9.17, 15) is 28.0 Å². The molecule has 2 aliphatic carbocycles. The Morgan fingerprint density at radius 3 is 2.29 bits per heavy atom. The predicted octanol–water partition coefficient (Wildman–Crippen LogP) is 4.63. The predicted molar refractivity (Wildman–Crippen MR) is 127 cm³/mol. The number of hydrogen-bond acceptors (Lipinski definition) is 4. The monoisotopic (exact) mass is 558 g/mol. The molecule has 6 nitrogen and oxygen atoms in total. The molecule has 2 heterocycles. The molecule has 1 unspecified atom stereocenters. The highest BCUT2D eigenvalue weighted by Crippen LogP contribution is 2.60. The first-order chi connectivity index (χ1) is 17.8. The zero-order valence-corrected chi connectivity index (χ0v) is 21.3. The third-order valence-corrected chi connectivity index (χ3v) is 8.88. The molecule has 0 spiro atoms. The maximum atomic E-state index is 15.9. The number of alkyl halides is 5. The summed E-state index contributed by atoms with van der Waals surface area (Å²) >= 11 is 6.33. The van der Waals surface area contributed by atoms with Crippen molar-refractivity contribution in [2.45, 2.75) is 74.5 Å². The van der Waals surface area contributed by atoms with Crippen molar-refractivity contribution in [2.75, 3.05) is 19.6 Å². The zero-order chi connectivity index (χ0) is 27.5. The first kappa shape index (κ1) is 27.1. The summed E-state index contributed by atoms with van der Waals surface area (Å²) in [5, 5.41) is 14.9. The minimum absolute atomic E-state index is 0.160. The van der Waals surface area contributed by atoms with E-state index in [-0.39, 0.29) is 10.9 Å². The summed E-state index contributed by atoms with van der Waals surface area (Å²) in [5.41, 5.74) is -3.47. The Bertz CT molecular complexity index is 1170. The van der Waals surface area contributed by atoms with E-state index in [1.54, 1.807) is 6.07 Å². The van der Waals surface area contributed by atoms with Crippen molar-refractivity contribution >= 4 is 23.4 Å². The number of likely N-dealkylation sites (tertiary alicyclic amines) is 1. The molecule has 0 radical (unpaired) electrons. The second-order valence-electron chi connectivity index (χ2n) is 11.1. The Labute approximate surface area is 221 Å². The van der Waals surface area contributed by atoms with Crippen LogP contribution in [0.5, 0.6) is 0 Å². The molecule has 206 valence electrons. The van der Waals surface area contributed by atoms with Gasteiger partial charge in [-0.15, -0.1) is 0 Å². The number of amides is 2. The molecule has 2 aliphatic heterocycles.